The topological polar surface area (TPSA) is 75.8 Å². The molecule has 0 bridgehead atoms. The van der Waals surface area contributed by atoms with Crippen LogP contribution in [0.15, 0.2) is 48.5 Å². The molecule has 1 aliphatic heterocycles. The molecule has 1 heterocycles. The Morgan fingerprint density at radius 2 is 2.00 bits per heavy atom. The maximum atomic E-state index is 11.5. The third-order valence-electron chi connectivity index (χ3n) is 4.31. The lowest BCUT2D eigenvalue weighted by molar-refractivity contribution is -0.122. The Morgan fingerprint density at radius 1 is 1.24 bits per heavy atom. The molecule has 2 aromatic carbocycles. The molecule has 1 aliphatic rings. The van der Waals surface area contributed by atoms with Crippen LogP contribution in [0.5, 0.6) is 5.75 Å². The fourth-order valence-electron chi connectivity index (χ4n) is 3.07. The van der Waals surface area contributed by atoms with Gasteiger partial charge in [0.15, 0.2) is 0 Å². The van der Waals surface area contributed by atoms with Crippen molar-refractivity contribution < 1.29 is 14.6 Å². The van der Waals surface area contributed by atoms with Crippen LogP contribution in [0.1, 0.15) is 17.5 Å². The summed E-state index contributed by atoms with van der Waals surface area (Å²) in [5.74, 6) is 0.370. The first-order chi connectivity index (χ1) is 12.0. The number of aliphatic hydroxyl groups is 1. The van der Waals surface area contributed by atoms with Crippen LogP contribution in [0.3, 0.4) is 0 Å². The number of ether oxygens (including phenoxy) is 1. The fraction of sp³-hybridized carbons (Fsp3) is 0.316. The van der Waals surface area contributed by atoms with Crippen molar-refractivity contribution in [3.63, 3.8) is 0 Å². The average molecular weight is 361 g/mol. The van der Waals surface area contributed by atoms with Gasteiger partial charge in [-0.3, -0.25) is 9.69 Å². The Labute approximate surface area is 152 Å². The van der Waals surface area contributed by atoms with E-state index < -0.39 is 18.1 Å². The Balaban J connectivity index is 1.58. The molecule has 0 aromatic heterocycles. The van der Waals surface area contributed by atoms with Crippen LogP contribution in [0, 0.1) is 0 Å². The maximum Gasteiger partial charge on any atom is 0.234 e. The van der Waals surface area contributed by atoms with Crippen molar-refractivity contribution in [1.82, 2.24) is 4.90 Å². The molecule has 132 valence electrons. The molecule has 6 heteroatoms. The van der Waals surface area contributed by atoms with Crippen molar-refractivity contribution in [2.24, 2.45) is 5.73 Å². The molecule has 1 amide bonds. The summed E-state index contributed by atoms with van der Waals surface area (Å²) in [6.07, 6.45) is -0.103. The molecule has 25 heavy (non-hydrogen) atoms. The Morgan fingerprint density at radius 3 is 2.68 bits per heavy atom. The average Bonchev–Trinajstić information content (AvgIpc) is 2.95. The van der Waals surface area contributed by atoms with E-state index in [9.17, 15) is 9.90 Å². The number of nitrogens with two attached hydrogens (primary N) is 1. The van der Waals surface area contributed by atoms with E-state index in [0.29, 0.717) is 31.1 Å². The van der Waals surface area contributed by atoms with Gasteiger partial charge < -0.3 is 15.6 Å². The summed E-state index contributed by atoms with van der Waals surface area (Å²) in [5, 5.41) is 10.4. The molecule has 3 rings (SSSR count). The van der Waals surface area contributed by atoms with Gasteiger partial charge >= 0.3 is 0 Å². The molecule has 0 aliphatic carbocycles. The third-order valence-corrected chi connectivity index (χ3v) is 4.55. The molecule has 2 unspecified atom stereocenters. The normalized spacial score (nSPS) is 20.6. The van der Waals surface area contributed by atoms with E-state index >= 15 is 0 Å². The highest BCUT2D eigenvalue weighted by Gasteiger charge is 2.34. The van der Waals surface area contributed by atoms with E-state index in [1.54, 1.807) is 0 Å². The quantitative estimate of drug-likeness (QED) is 0.829. The molecule has 0 radical (unpaired) electrons. The first kappa shape index (κ1) is 17.7. The van der Waals surface area contributed by atoms with Gasteiger partial charge in [0.1, 0.15) is 12.4 Å². The van der Waals surface area contributed by atoms with Gasteiger partial charge in [0.05, 0.1) is 12.1 Å². The number of hydrogen-bond donors (Lipinski definition) is 2. The van der Waals surface area contributed by atoms with Crippen molar-refractivity contribution in [2.75, 3.05) is 6.54 Å². The standard InChI is InChI=1S/C19H21ClN2O3/c20-15-3-1-2-14(8-15)12-25-17-6-4-13(5-7-17)10-22-11-16(23)9-18(22)19(21)24/h1-8,16,18,23H,9-12H2,(H2,21,24). The molecule has 0 spiro atoms. The SMILES string of the molecule is NC(=O)C1CC(O)CN1Cc1ccc(OCc2cccc(Cl)c2)cc1. The number of amides is 1. The van der Waals surface area contributed by atoms with E-state index in [1.807, 2.05) is 53.4 Å². The van der Waals surface area contributed by atoms with Crippen LogP contribution < -0.4 is 10.5 Å². The van der Waals surface area contributed by atoms with Gasteiger partial charge in [0, 0.05) is 18.1 Å². The second-order valence-electron chi connectivity index (χ2n) is 6.30. The number of aliphatic hydroxyl groups excluding tert-OH is 1. The molecule has 3 N–H and O–H groups in total. The molecule has 5 nitrogen and oxygen atoms in total. The van der Waals surface area contributed by atoms with Crippen LogP contribution >= 0.6 is 11.6 Å². The second-order valence-corrected chi connectivity index (χ2v) is 6.74. The Hall–Kier alpha value is -2.08. The summed E-state index contributed by atoms with van der Waals surface area (Å²) < 4.78 is 5.76. The lowest BCUT2D eigenvalue weighted by Gasteiger charge is -2.21. The summed E-state index contributed by atoms with van der Waals surface area (Å²) in [4.78, 5) is 13.4. The van der Waals surface area contributed by atoms with Crippen LogP contribution in [0.2, 0.25) is 5.02 Å². The van der Waals surface area contributed by atoms with Crippen LogP contribution in [0.25, 0.3) is 0 Å². The number of benzene rings is 2. The Bertz CT molecular complexity index is 736. The van der Waals surface area contributed by atoms with Crippen molar-refractivity contribution >= 4 is 17.5 Å². The highest BCUT2D eigenvalue weighted by Crippen LogP contribution is 2.22. The number of primary amides is 1. The predicted octanol–water partition coefficient (Wildman–Crippen LogP) is 2.34. The number of likely N-dealkylation sites (tertiary alicyclic amines) is 1. The summed E-state index contributed by atoms with van der Waals surface area (Å²) in [5.41, 5.74) is 7.46. The minimum absolute atomic E-state index is 0.391. The van der Waals surface area contributed by atoms with Gasteiger partial charge in [-0.25, -0.2) is 0 Å². The summed E-state index contributed by atoms with van der Waals surface area (Å²) in [7, 11) is 0. The number of halogens is 1. The number of carbonyl (C=O) groups excluding carboxylic acids is 1. The number of rotatable bonds is 6. The Kier molecular flexibility index (Phi) is 5.58. The van der Waals surface area contributed by atoms with Gasteiger partial charge in [0.2, 0.25) is 5.91 Å². The number of nitrogens with zero attached hydrogens (tertiary/aromatic N) is 1. The van der Waals surface area contributed by atoms with Gasteiger partial charge in [-0.15, -0.1) is 0 Å². The smallest absolute Gasteiger partial charge is 0.234 e. The molecule has 0 saturated carbocycles. The number of β-amino-alcohol motifs (C(OH)–C–C–N with tert-alkyl or cyclic N) is 1. The van der Waals surface area contributed by atoms with Gasteiger partial charge in [0.25, 0.3) is 0 Å². The summed E-state index contributed by atoms with van der Waals surface area (Å²) in [6, 6.07) is 14.8. The maximum absolute atomic E-state index is 11.5. The molecule has 1 saturated heterocycles. The summed E-state index contributed by atoms with van der Waals surface area (Å²) >= 11 is 5.96. The van der Waals surface area contributed by atoms with Gasteiger partial charge in [-0.2, -0.15) is 0 Å². The van der Waals surface area contributed by atoms with Crippen molar-refractivity contribution in [1.29, 1.82) is 0 Å². The number of carbonyl (C=O) groups is 1. The zero-order valence-corrected chi connectivity index (χ0v) is 14.5. The molecule has 1 fully saturated rings. The highest BCUT2D eigenvalue weighted by atomic mass is 35.5. The molecule has 2 atom stereocenters. The van der Waals surface area contributed by atoms with E-state index in [-0.39, 0.29) is 0 Å². The van der Waals surface area contributed by atoms with Gasteiger partial charge in [-0.05, 0) is 41.8 Å². The largest absolute Gasteiger partial charge is 0.489 e. The van der Waals surface area contributed by atoms with Crippen LogP contribution in [-0.4, -0.2) is 34.6 Å². The van der Waals surface area contributed by atoms with Crippen molar-refractivity contribution in [2.45, 2.75) is 31.7 Å². The predicted molar refractivity (Wildman–Crippen MR) is 96.2 cm³/mol. The van der Waals surface area contributed by atoms with E-state index in [4.69, 9.17) is 22.1 Å². The van der Waals surface area contributed by atoms with E-state index in [1.165, 1.54) is 0 Å². The van der Waals surface area contributed by atoms with E-state index in [2.05, 4.69) is 0 Å². The lowest BCUT2D eigenvalue weighted by atomic mass is 10.1. The molecular formula is C19H21ClN2O3. The van der Waals surface area contributed by atoms with Crippen LogP contribution in [0.4, 0.5) is 0 Å². The van der Waals surface area contributed by atoms with E-state index in [0.717, 1.165) is 16.9 Å². The minimum atomic E-state index is -0.502. The highest BCUT2D eigenvalue weighted by molar-refractivity contribution is 6.30. The van der Waals surface area contributed by atoms with Crippen molar-refractivity contribution in [3.05, 3.63) is 64.7 Å². The second kappa shape index (κ2) is 7.87. The molecule has 2 aromatic rings. The fourth-order valence-corrected chi connectivity index (χ4v) is 3.28. The monoisotopic (exact) mass is 360 g/mol. The zero-order valence-electron chi connectivity index (χ0n) is 13.8. The minimum Gasteiger partial charge on any atom is -0.489 e. The van der Waals surface area contributed by atoms with Crippen molar-refractivity contribution in [3.8, 4) is 5.75 Å². The lowest BCUT2D eigenvalue weighted by Crippen LogP contribution is -2.39. The third kappa shape index (κ3) is 4.72. The zero-order chi connectivity index (χ0) is 17.8. The first-order valence-corrected chi connectivity index (χ1v) is 8.56. The summed E-state index contributed by atoms with van der Waals surface area (Å²) in [6.45, 7) is 1.47. The number of hydrogen-bond acceptors (Lipinski definition) is 4. The molecular weight excluding hydrogens is 340 g/mol. The van der Waals surface area contributed by atoms with Crippen LogP contribution in [-0.2, 0) is 17.9 Å². The van der Waals surface area contributed by atoms with Gasteiger partial charge in [-0.1, -0.05) is 35.9 Å². The first-order valence-electron chi connectivity index (χ1n) is 8.19.